The summed E-state index contributed by atoms with van der Waals surface area (Å²) in [5.74, 6) is 0. The summed E-state index contributed by atoms with van der Waals surface area (Å²) in [7, 11) is 0. The lowest BCUT2D eigenvalue weighted by molar-refractivity contribution is 0.603. The molecule has 0 radical (unpaired) electrons. The molecule has 0 saturated heterocycles. The van der Waals surface area contributed by atoms with E-state index in [0.717, 1.165) is 6.42 Å². The highest BCUT2D eigenvalue weighted by Gasteiger charge is 2.04. The van der Waals surface area contributed by atoms with E-state index in [1.165, 1.54) is 22.0 Å². The summed E-state index contributed by atoms with van der Waals surface area (Å²) in [5, 5.41) is 0. The van der Waals surface area contributed by atoms with Crippen molar-refractivity contribution < 1.29 is 0 Å². The largest absolute Gasteiger partial charge is 0.324 e. The first-order valence-electron chi connectivity index (χ1n) is 4.75. The summed E-state index contributed by atoms with van der Waals surface area (Å²) in [5.41, 5.74) is 7.31. The summed E-state index contributed by atoms with van der Waals surface area (Å²) in [4.78, 5) is 0. The molecule has 1 aromatic carbocycles. The summed E-state index contributed by atoms with van der Waals surface area (Å²) >= 11 is 2.32. The van der Waals surface area contributed by atoms with Gasteiger partial charge in [-0.05, 0) is 46.7 Å². The molecule has 1 rings (SSSR count). The van der Waals surface area contributed by atoms with Crippen LogP contribution in [0.15, 0.2) is 24.3 Å². The van der Waals surface area contributed by atoms with Crippen molar-refractivity contribution in [3.05, 3.63) is 33.4 Å². The van der Waals surface area contributed by atoms with Crippen molar-refractivity contribution in [2.45, 2.75) is 32.2 Å². The van der Waals surface area contributed by atoms with E-state index in [2.05, 4.69) is 53.8 Å². The maximum Gasteiger partial charge on any atom is 0.0295 e. The van der Waals surface area contributed by atoms with Gasteiger partial charge in [-0.15, -0.1) is 0 Å². The molecule has 72 valence electrons. The van der Waals surface area contributed by atoms with Gasteiger partial charge in [-0.25, -0.2) is 0 Å². The van der Waals surface area contributed by atoms with E-state index in [1.807, 2.05) is 0 Å². The Balaban J connectivity index is 2.60. The van der Waals surface area contributed by atoms with Gasteiger partial charge in [-0.2, -0.15) is 0 Å². The zero-order valence-electron chi connectivity index (χ0n) is 7.96. The Morgan fingerprint density at radius 3 is 2.85 bits per heavy atom. The van der Waals surface area contributed by atoms with Crippen molar-refractivity contribution in [1.82, 2.24) is 0 Å². The minimum Gasteiger partial charge on any atom is -0.324 e. The van der Waals surface area contributed by atoms with Crippen LogP contribution in [0.4, 0.5) is 0 Å². The Hall–Kier alpha value is -0.0900. The minimum absolute atomic E-state index is 0.217. The second-order valence-corrected chi connectivity index (χ2v) is 4.55. The molecule has 0 aromatic heterocycles. The maximum atomic E-state index is 6.05. The minimum atomic E-state index is 0.217. The molecule has 13 heavy (non-hydrogen) atoms. The lowest BCUT2D eigenvalue weighted by Gasteiger charge is -2.11. The zero-order chi connectivity index (χ0) is 9.68. The molecule has 2 heteroatoms. The van der Waals surface area contributed by atoms with Gasteiger partial charge in [-0.3, -0.25) is 0 Å². The molecular formula is C11H16IN. The fourth-order valence-corrected chi connectivity index (χ4v) is 1.90. The number of hydrogen-bond donors (Lipinski definition) is 1. The lowest BCUT2D eigenvalue weighted by Crippen LogP contribution is -2.09. The smallest absolute Gasteiger partial charge is 0.0295 e. The molecule has 0 saturated carbocycles. The standard InChI is InChI=1S/C11H16IN/c1-2-3-7-11(13)9-5-4-6-10(12)8-9/h4-6,8,11H,2-3,7,13H2,1H3/t11-/m1/s1. The number of benzene rings is 1. The van der Waals surface area contributed by atoms with Crippen LogP contribution in [0.1, 0.15) is 37.8 Å². The highest BCUT2D eigenvalue weighted by molar-refractivity contribution is 14.1. The first-order valence-corrected chi connectivity index (χ1v) is 5.83. The van der Waals surface area contributed by atoms with Gasteiger partial charge >= 0.3 is 0 Å². The van der Waals surface area contributed by atoms with Crippen LogP contribution in [0.2, 0.25) is 0 Å². The van der Waals surface area contributed by atoms with Gasteiger partial charge in [-0.1, -0.05) is 31.9 Å². The third kappa shape index (κ3) is 3.65. The molecule has 0 amide bonds. The molecule has 2 N–H and O–H groups in total. The van der Waals surface area contributed by atoms with Crippen molar-refractivity contribution in [3.63, 3.8) is 0 Å². The van der Waals surface area contributed by atoms with Crippen molar-refractivity contribution in [2.24, 2.45) is 5.73 Å². The van der Waals surface area contributed by atoms with Gasteiger partial charge in [0.25, 0.3) is 0 Å². The molecule has 0 aliphatic rings. The van der Waals surface area contributed by atoms with Crippen molar-refractivity contribution in [1.29, 1.82) is 0 Å². The van der Waals surface area contributed by atoms with Crippen molar-refractivity contribution in [2.75, 3.05) is 0 Å². The number of halogens is 1. The normalized spacial score (nSPS) is 12.8. The Bertz CT molecular complexity index is 260. The average molecular weight is 289 g/mol. The Kier molecular flexibility index (Phi) is 4.73. The third-order valence-electron chi connectivity index (χ3n) is 2.15. The van der Waals surface area contributed by atoms with E-state index < -0.39 is 0 Å². The average Bonchev–Trinajstić information content (AvgIpc) is 2.14. The number of rotatable bonds is 4. The molecule has 1 nitrogen and oxygen atoms in total. The predicted octanol–water partition coefficient (Wildman–Crippen LogP) is 3.48. The monoisotopic (exact) mass is 289 g/mol. The molecule has 0 aliphatic carbocycles. The van der Waals surface area contributed by atoms with E-state index >= 15 is 0 Å². The molecule has 0 unspecified atom stereocenters. The molecular weight excluding hydrogens is 273 g/mol. The first-order chi connectivity index (χ1) is 6.24. The number of unbranched alkanes of at least 4 members (excludes halogenated alkanes) is 1. The fourth-order valence-electron chi connectivity index (χ4n) is 1.33. The number of nitrogens with two attached hydrogens (primary N) is 1. The Morgan fingerprint density at radius 1 is 1.46 bits per heavy atom. The fraction of sp³-hybridized carbons (Fsp3) is 0.455. The lowest BCUT2D eigenvalue weighted by atomic mass is 10.0. The highest BCUT2D eigenvalue weighted by Crippen LogP contribution is 2.18. The van der Waals surface area contributed by atoms with Crippen LogP contribution in [0.3, 0.4) is 0 Å². The van der Waals surface area contributed by atoms with Crippen LogP contribution >= 0.6 is 22.6 Å². The molecule has 0 bridgehead atoms. The third-order valence-corrected chi connectivity index (χ3v) is 2.82. The van der Waals surface area contributed by atoms with Gasteiger partial charge in [0.1, 0.15) is 0 Å². The Labute approximate surface area is 93.9 Å². The maximum absolute atomic E-state index is 6.05. The van der Waals surface area contributed by atoms with Gasteiger partial charge in [0.15, 0.2) is 0 Å². The molecule has 0 spiro atoms. The van der Waals surface area contributed by atoms with Crippen LogP contribution in [0.25, 0.3) is 0 Å². The van der Waals surface area contributed by atoms with Crippen LogP contribution in [-0.4, -0.2) is 0 Å². The molecule has 1 atom stereocenters. The van der Waals surface area contributed by atoms with Crippen LogP contribution in [-0.2, 0) is 0 Å². The van der Waals surface area contributed by atoms with Gasteiger partial charge in [0.05, 0.1) is 0 Å². The van der Waals surface area contributed by atoms with Gasteiger partial charge < -0.3 is 5.73 Å². The number of hydrogen-bond acceptors (Lipinski definition) is 1. The second-order valence-electron chi connectivity index (χ2n) is 3.30. The van der Waals surface area contributed by atoms with E-state index in [1.54, 1.807) is 0 Å². The van der Waals surface area contributed by atoms with E-state index in [0.29, 0.717) is 0 Å². The predicted molar refractivity (Wildman–Crippen MR) is 65.6 cm³/mol. The Morgan fingerprint density at radius 2 is 2.23 bits per heavy atom. The summed E-state index contributed by atoms with van der Waals surface area (Å²) in [6, 6.07) is 8.66. The summed E-state index contributed by atoms with van der Waals surface area (Å²) < 4.78 is 1.27. The highest BCUT2D eigenvalue weighted by atomic mass is 127. The SMILES string of the molecule is CCCC[C@@H](N)c1cccc(I)c1. The van der Waals surface area contributed by atoms with Crippen molar-refractivity contribution in [3.8, 4) is 0 Å². The van der Waals surface area contributed by atoms with Crippen molar-refractivity contribution >= 4 is 22.6 Å². The second kappa shape index (κ2) is 5.60. The van der Waals surface area contributed by atoms with Crippen LogP contribution < -0.4 is 5.73 Å². The van der Waals surface area contributed by atoms with Gasteiger partial charge in [0.2, 0.25) is 0 Å². The quantitative estimate of drug-likeness (QED) is 0.844. The molecule has 1 aromatic rings. The van der Waals surface area contributed by atoms with Gasteiger partial charge in [0, 0.05) is 9.61 Å². The van der Waals surface area contributed by atoms with E-state index in [-0.39, 0.29) is 6.04 Å². The first kappa shape index (κ1) is 11.0. The van der Waals surface area contributed by atoms with E-state index in [9.17, 15) is 0 Å². The summed E-state index contributed by atoms with van der Waals surface area (Å²) in [6.45, 7) is 2.20. The molecule has 0 aliphatic heterocycles. The van der Waals surface area contributed by atoms with Crippen LogP contribution in [0.5, 0.6) is 0 Å². The molecule has 0 heterocycles. The molecule has 0 fully saturated rings. The summed E-state index contributed by atoms with van der Waals surface area (Å²) in [6.07, 6.45) is 3.53. The van der Waals surface area contributed by atoms with Crippen LogP contribution in [0, 0.1) is 3.57 Å². The van der Waals surface area contributed by atoms with E-state index in [4.69, 9.17) is 5.73 Å². The zero-order valence-corrected chi connectivity index (χ0v) is 10.1. The topological polar surface area (TPSA) is 26.0 Å².